The highest BCUT2D eigenvalue weighted by molar-refractivity contribution is 5.81. The van der Waals surface area contributed by atoms with Crippen LogP contribution in [0.2, 0.25) is 0 Å². The summed E-state index contributed by atoms with van der Waals surface area (Å²) in [5.41, 5.74) is 7.87. The van der Waals surface area contributed by atoms with Gasteiger partial charge in [0.25, 0.3) is 0 Å². The number of nitrogens with zero attached hydrogens (tertiary/aromatic N) is 7. The van der Waals surface area contributed by atoms with Crippen LogP contribution < -0.4 is 11.1 Å². The number of rotatable bonds is 6. The van der Waals surface area contributed by atoms with Crippen molar-refractivity contribution in [1.29, 1.82) is 0 Å². The maximum atomic E-state index is 12.2. The first kappa shape index (κ1) is 16.6. The Kier molecular flexibility index (Phi) is 4.44. The Hall–Kier alpha value is -3.82. The smallest absolute Gasteiger partial charge is 0.222 e. The van der Waals surface area contributed by atoms with Gasteiger partial charge in [-0.25, -0.2) is 24.6 Å². The van der Waals surface area contributed by atoms with Crippen LogP contribution in [-0.2, 0) is 17.9 Å². The average Bonchev–Trinajstić information content (AvgIpc) is 3.36. The van der Waals surface area contributed by atoms with Gasteiger partial charge in [0, 0.05) is 38.1 Å². The molecule has 4 rings (SSSR count). The Morgan fingerprint density at radius 1 is 1.19 bits per heavy atom. The molecule has 3 N–H and O–H groups in total. The molecule has 27 heavy (non-hydrogen) atoms. The third kappa shape index (κ3) is 3.59. The molecule has 0 bridgehead atoms. The summed E-state index contributed by atoms with van der Waals surface area (Å²) in [6, 6.07) is 5.57. The second-order valence-electron chi connectivity index (χ2n) is 5.87. The van der Waals surface area contributed by atoms with Gasteiger partial charge in [-0.3, -0.25) is 4.79 Å². The number of pyridine rings is 1. The number of carbonyl (C=O) groups is 1. The molecule has 0 aliphatic rings. The number of anilines is 1. The first-order chi connectivity index (χ1) is 13.2. The molecule has 4 aromatic heterocycles. The van der Waals surface area contributed by atoms with Crippen LogP contribution in [-0.4, -0.2) is 40.2 Å². The first-order valence-electron chi connectivity index (χ1n) is 8.33. The third-order valence-electron chi connectivity index (χ3n) is 4.05. The number of carbonyl (C=O) groups excluding carboxylic acids is 1. The molecule has 0 radical (unpaired) electrons. The van der Waals surface area contributed by atoms with Gasteiger partial charge in [0.1, 0.15) is 11.8 Å². The number of nitrogen functional groups attached to an aromatic ring is 1. The SMILES string of the molecule is Nc1ncnc2c1ncn2CCC(=O)NCc1ccnc(-n2cccn2)c1. The largest absolute Gasteiger partial charge is 0.382 e. The lowest BCUT2D eigenvalue weighted by atomic mass is 10.2. The van der Waals surface area contributed by atoms with Crippen molar-refractivity contribution in [3.63, 3.8) is 0 Å². The maximum absolute atomic E-state index is 12.2. The summed E-state index contributed by atoms with van der Waals surface area (Å²) < 4.78 is 3.46. The van der Waals surface area contributed by atoms with E-state index >= 15 is 0 Å². The van der Waals surface area contributed by atoms with Gasteiger partial charge in [0.2, 0.25) is 5.91 Å². The van der Waals surface area contributed by atoms with Crippen LogP contribution in [0, 0.1) is 0 Å². The van der Waals surface area contributed by atoms with Crippen molar-refractivity contribution in [2.45, 2.75) is 19.5 Å². The van der Waals surface area contributed by atoms with Crippen LogP contribution in [0.15, 0.2) is 49.4 Å². The second-order valence-corrected chi connectivity index (χ2v) is 5.87. The Morgan fingerprint density at radius 2 is 2.11 bits per heavy atom. The highest BCUT2D eigenvalue weighted by Gasteiger charge is 2.09. The predicted octanol–water partition coefficient (Wildman–Crippen LogP) is 0.696. The number of amides is 1. The van der Waals surface area contributed by atoms with Crippen molar-refractivity contribution < 1.29 is 4.79 Å². The Bertz CT molecular complexity index is 1070. The van der Waals surface area contributed by atoms with Crippen LogP contribution in [0.4, 0.5) is 5.82 Å². The van der Waals surface area contributed by atoms with E-state index in [0.29, 0.717) is 42.3 Å². The molecule has 0 spiro atoms. The zero-order chi connectivity index (χ0) is 18.6. The lowest BCUT2D eigenvalue weighted by Gasteiger charge is -2.08. The van der Waals surface area contributed by atoms with Gasteiger partial charge in [-0.1, -0.05) is 0 Å². The molecule has 1 amide bonds. The van der Waals surface area contributed by atoms with E-state index in [4.69, 9.17) is 5.73 Å². The molecule has 10 heteroatoms. The van der Waals surface area contributed by atoms with Gasteiger partial charge in [-0.2, -0.15) is 5.10 Å². The molecular formula is C17H17N9O. The number of fused-ring (bicyclic) bond motifs is 1. The van der Waals surface area contributed by atoms with Crippen molar-refractivity contribution in [3.8, 4) is 5.82 Å². The van der Waals surface area contributed by atoms with Crippen molar-refractivity contribution >= 4 is 22.9 Å². The normalized spacial score (nSPS) is 11.0. The Balaban J connectivity index is 1.35. The van der Waals surface area contributed by atoms with Crippen molar-refractivity contribution in [3.05, 3.63) is 55.0 Å². The van der Waals surface area contributed by atoms with Crippen LogP contribution in [0.5, 0.6) is 0 Å². The van der Waals surface area contributed by atoms with E-state index in [2.05, 4.69) is 30.4 Å². The number of nitrogens with two attached hydrogens (primary N) is 1. The minimum absolute atomic E-state index is 0.0728. The third-order valence-corrected chi connectivity index (χ3v) is 4.05. The lowest BCUT2D eigenvalue weighted by molar-refractivity contribution is -0.121. The van der Waals surface area contributed by atoms with E-state index in [1.165, 1.54) is 6.33 Å². The van der Waals surface area contributed by atoms with E-state index in [9.17, 15) is 4.79 Å². The number of hydrogen-bond acceptors (Lipinski definition) is 7. The standard InChI is InChI=1S/C17H17N9O/c18-16-15-17(22-10-21-16)25(11-23-15)7-3-14(27)20-9-12-2-5-19-13(8-12)26-6-1-4-24-26/h1-2,4-6,8,10-11H,3,7,9H2,(H,20,27)(H2,18,21,22). The molecule has 0 saturated heterocycles. The molecule has 4 aromatic rings. The van der Waals surface area contributed by atoms with Crippen LogP contribution in [0.1, 0.15) is 12.0 Å². The van der Waals surface area contributed by atoms with E-state index in [1.54, 1.807) is 28.0 Å². The van der Waals surface area contributed by atoms with Gasteiger partial charge in [-0.05, 0) is 23.8 Å². The fourth-order valence-electron chi connectivity index (χ4n) is 2.67. The number of aryl methyl sites for hydroxylation is 1. The Morgan fingerprint density at radius 3 is 2.96 bits per heavy atom. The quantitative estimate of drug-likeness (QED) is 0.515. The van der Waals surface area contributed by atoms with Crippen LogP contribution in [0.3, 0.4) is 0 Å². The zero-order valence-corrected chi connectivity index (χ0v) is 14.4. The number of aromatic nitrogens is 7. The van der Waals surface area contributed by atoms with Crippen LogP contribution in [0.25, 0.3) is 17.0 Å². The topological polar surface area (TPSA) is 129 Å². The average molecular weight is 363 g/mol. The fourth-order valence-corrected chi connectivity index (χ4v) is 2.67. The summed E-state index contributed by atoms with van der Waals surface area (Å²) in [7, 11) is 0. The van der Waals surface area contributed by atoms with Crippen molar-refractivity contribution in [2.24, 2.45) is 0 Å². The summed E-state index contributed by atoms with van der Waals surface area (Å²) in [6.07, 6.45) is 8.50. The molecule has 0 aliphatic heterocycles. The van der Waals surface area contributed by atoms with Crippen molar-refractivity contribution in [1.82, 2.24) is 39.6 Å². The molecule has 10 nitrogen and oxygen atoms in total. The monoisotopic (exact) mass is 363 g/mol. The highest BCUT2D eigenvalue weighted by atomic mass is 16.1. The van der Waals surface area contributed by atoms with Gasteiger partial charge in [0.15, 0.2) is 17.3 Å². The van der Waals surface area contributed by atoms with Crippen molar-refractivity contribution in [2.75, 3.05) is 5.73 Å². The molecule has 0 atom stereocenters. The van der Waals surface area contributed by atoms with Gasteiger partial charge < -0.3 is 15.6 Å². The molecular weight excluding hydrogens is 346 g/mol. The predicted molar refractivity (Wildman–Crippen MR) is 97.6 cm³/mol. The molecule has 4 heterocycles. The summed E-state index contributed by atoms with van der Waals surface area (Å²) in [6.45, 7) is 0.864. The minimum atomic E-state index is -0.0728. The fraction of sp³-hybridized carbons (Fsp3) is 0.176. The molecule has 0 aromatic carbocycles. The summed E-state index contributed by atoms with van der Waals surface area (Å²) in [4.78, 5) is 28.7. The number of nitrogens with one attached hydrogen (secondary N) is 1. The number of hydrogen-bond donors (Lipinski definition) is 2. The van der Waals surface area contributed by atoms with E-state index in [1.807, 2.05) is 24.4 Å². The zero-order valence-electron chi connectivity index (χ0n) is 14.4. The molecule has 0 saturated carbocycles. The second kappa shape index (κ2) is 7.20. The van der Waals surface area contributed by atoms with E-state index in [0.717, 1.165) is 5.56 Å². The van der Waals surface area contributed by atoms with E-state index < -0.39 is 0 Å². The Labute approximate surface area is 154 Å². The lowest BCUT2D eigenvalue weighted by Crippen LogP contribution is -2.24. The molecule has 0 unspecified atom stereocenters. The molecule has 0 aliphatic carbocycles. The summed E-state index contributed by atoms with van der Waals surface area (Å²) >= 11 is 0. The maximum Gasteiger partial charge on any atom is 0.222 e. The summed E-state index contributed by atoms with van der Waals surface area (Å²) in [5.74, 6) is 0.958. The molecule has 136 valence electrons. The van der Waals surface area contributed by atoms with Crippen LogP contribution >= 0.6 is 0 Å². The summed E-state index contributed by atoms with van der Waals surface area (Å²) in [5, 5.41) is 7.06. The molecule has 0 fully saturated rings. The number of imidazole rings is 1. The first-order valence-corrected chi connectivity index (χ1v) is 8.33. The highest BCUT2D eigenvalue weighted by Crippen LogP contribution is 2.14. The van der Waals surface area contributed by atoms with E-state index in [-0.39, 0.29) is 5.91 Å². The minimum Gasteiger partial charge on any atom is -0.382 e. The van der Waals surface area contributed by atoms with Gasteiger partial charge >= 0.3 is 0 Å². The van der Waals surface area contributed by atoms with Gasteiger partial charge in [-0.15, -0.1) is 0 Å². The van der Waals surface area contributed by atoms with Gasteiger partial charge in [0.05, 0.1) is 6.33 Å².